The predicted octanol–water partition coefficient (Wildman–Crippen LogP) is 1.63. The van der Waals surface area contributed by atoms with Gasteiger partial charge in [0.05, 0.1) is 6.54 Å². The van der Waals surface area contributed by atoms with Gasteiger partial charge in [-0.25, -0.2) is 0 Å². The standard InChI is InChI=1S/C12H15N5OS/c1-2-10-16-17-11(19-10)6-13-12(18)9-5-8(14-15-9)7-3-4-7/h5,7H,2-4,6H2,1H3,(H,13,18)(H,14,15). The number of amides is 1. The average molecular weight is 277 g/mol. The number of aryl methyl sites for hydroxylation is 1. The van der Waals surface area contributed by atoms with E-state index in [2.05, 4.69) is 25.7 Å². The Morgan fingerprint density at radius 3 is 2.95 bits per heavy atom. The minimum atomic E-state index is -0.170. The molecule has 0 saturated heterocycles. The van der Waals surface area contributed by atoms with Gasteiger partial charge in [-0.05, 0) is 25.3 Å². The molecular formula is C12H15N5OS. The number of carbonyl (C=O) groups excluding carboxylic acids is 1. The first-order valence-electron chi connectivity index (χ1n) is 6.41. The first-order valence-corrected chi connectivity index (χ1v) is 7.22. The van der Waals surface area contributed by atoms with Crippen LogP contribution in [0.15, 0.2) is 6.07 Å². The number of aromatic amines is 1. The van der Waals surface area contributed by atoms with Gasteiger partial charge in [0, 0.05) is 11.6 Å². The number of carbonyl (C=O) groups is 1. The smallest absolute Gasteiger partial charge is 0.272 e. The molecule has 19 heavy (non-hydrogen) atoms. The fourth-order valence-electron chi connectivity index (χ4n) is 1.81. The fraction of sp³-hybridized carbons (Fsp3) is 0.500. The normalized spacial score (nSPS) is 14.6. The van der Waals surface area contributed by atoms with Gasteiger partial charge in [0.2, 0.25) is 0 Å². The van der Waals surface area contributed by atoms with Crippen LogP contribution in [0.25, 0.3) is 0 Å². The van der Waals surface area contributed by atoms with Crippen molar-refractivity contribution in [3.63, 3.8) is 0 Å². The van der Waals surface area contributed by atoms with Gasteiger partial charge in [0.15, 0.2) is 0 Å². The van der Waals surface area contributed by atoms with E-state index < -0.39 is 0 Å². The zero-order valence-corrected chi connectivity index (χ0v) is 11.5. The van der Waals surface area contributed by atoms with E-state index in [0.717, 1.165) is 22.1 Å². The summed E-state index contributed by atoms with van der Waals surface area (Å²) in [7, 11) is 0. The molecule has 2 N–H and O–H groups in total. The molecule has 6 nitrogen and oxygen atoms in total. The number of hydrogen-bond donors (Lipinski definition) is 2. The Kier molecular flexibility index (Phi) is 3.29. The van der Waals surface area contributed by atoms with Crippen LogP contribution in [0.1, 0.15) is 51.9 Å². The average Bonchev–Trinajstić information content (AvgIpc) is 2.99. The Balaban J connectivity index is 1.57. The predicted molar refractivity (Wildman–Crippen MR) is 71.0 cm³/mol. The van der Waals surface area contributed by atoms with Crippen LogP contribution in [0.2, 0.25) is 0 Å². The van der Waals surface area contributed by atoms with Gasteiger partial charge < -0.3 is 5.32 Å². The summed E-state index contributed by atoms with van der Waals surface area (Å²) in [6.45, 7) is 2.44. The van der Waals surface area contributed by atoms with Gasteiger partial charge in [0.1, 0.15) is 15.7 Å². The van der Waals surface area contributed by atoms with Gasteiger partial charge in [-0.3, -0.25) is 9.89 Å². The largest absolute Gasteiger partial charge is 0.344 e. The molecule has 1 fully saturated rings. The minimum Gasteiger partial charge on any atom is -0.344 e. The van der Waals surface area contributed by atoms with E-state index in [-0.39, 0.29) is 5.91 Å². The molecule has 2 aromatic rings. The molecule has 2 heterocycles. The van der Waals surface area contributed by atoms with Crippen LogP contribution in [0, 0.1) is 0 Å². The van der Waals surface area contributed by atoms with Crippen LogP contribution in [0.5, 0.6) is 0 Å². The molecule has 1 amide bonds. The number of nitrogens with zero attached hydrogens (tertiary/aromatic N) is 3. The first-order chi connectivity index (χ1) is 9.26. The van der Waals surface area contributed by atoms with Crippen molar-refractivity contribution in [2.45, 2.75) is 38.6 Å². The van der Waals surface area contributed by atoms with Crippen molar-refractivity contribution >= 4 is 17.2 Å². The van der Waals surface area contributed by atoms with Gasteiger partial charge in [-0.2, -0.15) is 5.10 Å². The van der Waals surface area contributed by atoms with Crippen molar-refractivity contribution in [1.29, 1.82) is 0 Å². The van der Waals surface area contributed by atoms with Crippen molar-refractivity contribution in [3.8, 4) is 0 Å². The lowest BCUT2D eigenvalue weighted by atomic mass is 10.2. The van der Waals surface area contributed by atoms with Gasteiger partial charge in [0.25, 0.3) is 5.91 Å². The molecule has 7 heteroatoms. The highest BCUT2D eigenvalue weighted by atomic mass is 32.1. The number of rotatable bonds is 5. The van der Waals surface area contributed by atoms with E-state index in [9.17, 15) is 4.79 Å². The molecule has 100 valence electrons. The van der Waals surface area contributed by atoms with Crippen LogP contribution in [-0.2, 0) is 13.0 Å². The highest BCUT2D eigenvalue weighted by Crippen LogP contribution is 2.38. The maximum Gasteiger partial charge on any atom is 0.272 e. The van der Waals surface area contributed by atoms with Crippen molar-refractivity contribution in [2.75, 3.05) is 0 Å². The molecule has 2 aromatic heterocycles. The van der Waals surface area contributed by atoms with E-state index in [1.165, 1.54) is 24.2 Å². The highest BCUT2D eigenvalue weighted by molar-refractivity contribution is 7.11. The number of H-pyrrole nitrogens is 1. The minimum absolute atomic E-state index is 0.170. The third-order valence-corrected chi connectivity index (χ3v) is 4.13. The Bertz CT molecular complexity index is 586. The summed E-state index contributed by atoms with van der Waals surface area (Å²) in [4.78, 5) is 11.9. The fourth-order valence-corrected chi connectivity index (χ4v) is 2.53. The summed E-state index contributed by atoms with van der Waals surface area (Å²) in [5.41, 5.74) is 1.51. The molecule has 0 radical (unpaired) electrons. The monoisotopic (exact) mass is 277 g/mol. The summed E-state index contributed by atoms with van der Waals surface area (Å²) >= 11 is 1.52. The molecule has 0 spiro atoms. The van der Waals surface area contributed by atoms with Crippen LogP contribution in [0.3, 0.4) is 0 Å². The molecule has 0 aromatic carbocycles. The van der Waals surface area contributed by atoms with Gasteiger partial charge in [-0.15, -0.1) is 10.2 Å². The Morgan fingerprint density at radius 1 is 1.47 bits per heavy atom. The van der Waals surface area contributed by atoms with Crippen LogP contribution in [-0.4, -0.2) is 26.3 Å². The third-order valence-electron chi connectivity index (χ3n) is 3.06. The maximum atomic E-state index is 11.9. The SMILES string of the molecule is CCc1nnc(CNC(=O)c2cc(C3CC3)[nH]n2)s1. The summed E-state index contributed by atoms with van der Waals surface area (Å²) in [6.07, 6.45) is 3.25. The second-order valence-corrected chi connectivity index (χ2v) is 5.76. The van der Waals surface area contributed by atoms with Crippen molar-refractivity contribution in [3.05, 3.63) is 27.5 Å². The second kappa shape index (κ2) is 5.08. The Hall–Kier alpha value is -1.76. The number of aromatic nitrogens is 4. The topological polar surface area (TPSA) is 83.6 Å². The Morgan fingerprint density at radius 2 is 2.26 bits per heavy atom. The lowest BCUT2D eigenvalue weighted by Gasteiger charge is -1.98. The van der Waals surface area contributed by atoms with Crippen molar-refractivity contribution < 1.29 is 4.79 Å². The second-order valence-electron chi connectivity index (χ2n) is 4.61. The van der Waals surface area contributed by atoms with Gasteiger partial charge >= 0.3 is 0 Å². The molecule has 1 aliphatic carbocycles. The van der Waals surface area contributed by atoms with E-state index >= 15 is 0 Å². The van der Waals surface area contributed by atoms with Crippen molar-refractivity contribution in [1.82, 2.24) is 25.7 Å². The molecule has 3 rings (SSSR count). The molecule has 0 atom stereocenters. The van der Waals surface area contributed by atoms with Crippen LogP contribution in [0.4, 0.5) is 0 Å². The highest BCUT2D eigenvalue weighted by Gasteiger charge is 2.26. The molecule has 0 aliphatic heterocycles. The van der Waals surface area contributed by atoms with Gasteiger partial charge in [-0.1, -0.05) is 18.3 Å². The van der Waals surface area contributed by atoms with E-state index in [1.807, 2.05) is 13.0 Å². The third kappa shape index (κ3) is 2.81. The first kappa shape index (κ1) is 12.3. The lowest BCUT2D eigenvalue weighted by Crippen LogP contribution is -2.23. The summed E-state index contributed by atoms with van der Waals surface area (Å²) in [5, 5.41) is 19.6. The summed E-state index contributed by atoms with van der Waals surface area (Å²) in [6, 6.07) is 1.84. The van der Waals surface area contributed by atoms with Crippen LogP contribution < -0.4 is 5.32 Å². The zero-order valence-electron chi connectivity index (χ0n) is 10.6. The van der Waals surface area contributed by atoms with E-state index in [4.69, 9.17) is 0 Å². The maximum absolute atomic E-state index is 11.9. The zero-order chi connectivity index (χ0) is 13.2. The molecule has 1 saturated carbocycles. The summed E-state index contributed by atoms with van der Waals surface area (Å²) < 4.78 is 0. The van der Waals surface area contributed by atoms with Crippen molar-refractivity contribution in [2.24, 2.45) is 0 Å². The number of nitrogens with one attached hydrogen (secondary N) is 2. The van der Waals surface area contributed by atoms with Crippen LogP contribution >= 0.6 is 11.3 Å². The lowest BCUT2D eigenvalue weighted by molar-refractivity contribution is 0.0946. The molecule has 1 aliphatic rings. The summed E-state index contributed by atoms with van der Waals surface area (Å²) in [5.74, 6) is 0.403. The van der Waals surface area contributed by atoms with E-state index in [1.54, 1.807) is 0 Å². The molecular weight excluding hydrogens is 262 g/mol. The quantitative estimate of drug-likeness (QED) is 0.870. The Labute approximate surface area is 114 Å². The van der Waals surface area contributed by atoms with E-state index in [0.29, 0.717) is 18.2 Å². The molecule has 0 unspecified atom stereocenters. The molecule has 0 bridgehead atoms. The number of hydrogen-bond acceptors (Lipinski definition) is 5.